The molecule has 0 saturated heterocycles. The Labute approximate surface area is 255 Å². The lowest BCUT2D eigenvalue weighted by Crippen LogP contribution is -2.21. The average molecular weight is 607 g/mol. The average Bonchev–Trinajstić information content (AvgIpc) is 2.97. The van der Waals surface area contributed by atoms with Crippen molar-refractivity contribution in [1.29, 1.82) is 0 Å². The van der Waals surface area contributed by atoms with Gasteiger partial charge in [-0.15, -0.1) is 0 Å². The fourth-order valence-electron chi connectivity index (χ4n) is 4.37. The van der Waals surface area contributed by atoms with E-state index in [9.17, 15) is 9.36 Å². The van der Waals surface area contributed by atoms with Crippen molar-refractivity contribution < 1.29 is 23.7 Å². The fraction of sp³-hybridized carbons (Fsp3) is 0.594. The molecule has 0 aromatic heterocycles. The lowest BCUT2D eigenvalue weighted by atomic mass is 9.96. The molecule has 3 rings (SSSR count). The van der Waals surface area contributed by atoms with Crippen molar-refractivity contribution in [1.82, 2.24) is 9.80 Å². The Morgan fingerprint density at radius 3 is 1.43 bits per heavy atom. The summed E-state index contributed by atoms with van der Waals surface area (Å²) in [5.41, 5.74) is 3.51. The Morgan fingerprint density at radius 1 is 0.762 bits per heavy atom. The molecule has 0 spiro atoms. The van der Waals surface area contributed by atoms with E-state index < -0.39 is 20.1 Å². The van der Waals surface area contributed by atoms with Gasteiger partial charge in [-0.3, -0.25) is 9.36 Å². The first kappa shape index (κ1) is 37.4. The van der Waals surface area contributed by atoms with Crippen molar-refractivity contribution in [3.05, 3.63) is 47.5 Å². The van der Waals surface area contributed by atoms with E-state index in [-0.39, 0.29) is 12.6 Å². The van der Waals surface area contributed by atoms with Crippen molar-refractivity contribution in [2.75, 3.05) is 83.4 Å². The third kappa shape index (κ3) is 12.0. The lowest BCUT2D eigenvalue weighted by Gasteiger charge is -2.30. The van der Waals surface area contributed by atoms with Crippen LogP contribution in [0.4, 0.5) is 11.4 Å². The smallest absolute Gasteiger partial charge is 0.303 e. The van der Waals surface area contributed by atoms with Crippen molar-refractivity contribution in [2.45, 2.75) is 54.1 Å². The van der Waals surface area contributed by atoms with Crippen molar-refractivity contribution in [3.63, 3.8) is 0 Å². The molecule has 9 nitrogen and oxygen atoms in total. The molecule has 2 aromatic rings. The quantitative estimate of drug-likeness (QED) is 0.251. The van der Waals surface area contributed by atoms with Gasteiger partial charge in [-0.25, -0.2) is 0 Å². The van der Waals surface area contributed by atoms with E-state index in [1.165, 1.54) is 39.3 Å². The van der Waals surface area contributed by atoms with Gasteiger partial charge in [0.2, 0.25) is 0 Å². The summed E-state index contributed by atoms with van der Waals surface area (Å²) in [6.45, 7) is 20.2. The molecule has 1 heterocycles. The predicted molar refractivity (Wildman–Crippen MR) is 178 cm³/mol. The molecule has 0 bridgehead atoms. The summed E-state index contributed by atoms with van der Waals surface area (Å²) in [4.78, 5) is 19.5. The van der Waals surface area contributed by atoms with Crippen molar-refractivity contribution >= 4 is 25.4 Å². The second-order valence-electron chi connectivity index (χ2n) is 10.3. The van der Waals surface area contributed by atoms with Gasteiger partial charge in [0.05, 0.1) is 6.42 Å². The number of anilines is 2. The number of hydrogen-bond donors (Lipinski definition) is 1. The molecule has 0 amide bonds. The first-order chi connectivity index (χ1) is 19.9. The predicted octanol–water partition coefficient (Wildman–Crippen LogP) is 6.68. The minimum absolute atomic E-state index is 0.00753. The van der Waals surface area contributed by atoms with Crippen LogP contribution in [-0.4, -0.2) is 94.5 Å². The monoisotopic (exact) mass is 606 g/mol. The van der Waals surface area contributed by atoms with Gasteiger partial charge in [-0.05, 0) is 51.4 Å². The van der Waals surface area contributed by atoms with Crippen LogP contribution in [0.15, 0.2) is 36.4 Å². The second-order valence-corrected chi connectivity index (χ2v) is 11.8. The summed E-state index contributed by atoms with van der Waals surface area (Å²) in [7, 11) is 5.26. The normalized spacial score (nSPS) is 12.7. The zero-order chi connectivity index (χ0) is 31.8. The fourth-order valence-corrected chi connectivity index (χ4v) is 5.42. The molecule has 1 unspecified atom stereocenters. The topological polar surface area (TPSA) is 85.8 Å². The highest BCUT2D eigenvalue weighted by Gasteiger charge is 2.30. The molecule has 10 heteroatoms. The van der Waals surface area contributed by atoms with Crippen LogP contribution in [0, 0.1) is 0 Å². The second kappa shape index (κ2) is 19.6. The number of hydrogen-bond acceptors (Lipinski definition) is 8. The zero-order valence-corrected chi connectivity index (χ0v) is 28.6. The molecule has 42 heavy (non-hydrogen) atoms. The molecule has 1 atom stereocenters. The molecule has 1 N–H and O–H groups in total. The number of fused-ring (bicyclic) bond motifs is 2. The van der Waals surface area contributed by atoms with E-state index in [0.717, 1.165) is 22.5 Å². The van der Waals surface area contributed by atoms with E-state index in [4.69, 9.17) is 14.4 Å². The number of nitrogens with zero attached hydrogens (tertiary/aromatic N) is 4. The standard InChI is InChI=1S/C20H25N2O5P.2C6H15N/c1-21(2)13-5-7-15-17(11-13)26-18-12-14(22(3)4)6-8-16(18)20(15)27-28(25)10-9-19(23)24;2*1-4-7(5-2)6-3/h5-8,11-12,20,28H,9-10H2,1-4H3,(H,23,24);2*4-6H2,1-3H3. The Morgan fingerprint density at radius 2 is 1.14 bits per heavy atom. The Kier molecular flexibility index (Phi) is 17.5. The van der Waals surface area contributed by atoms with E-state index in [1.54, 1.807) is 0 Å². The molecule has 0 fully saturated rings. The number of benzene rings is 2. The van der Waals surface area contributed by atoms with Gasteiger partial charge in [0.15, 0.2) is 8.03 Å². The van der Waals surface area contributed by atoms with Gasteiger partial charge in [-0.1, -0.05) is 53.7 Å². The maximum Gasteiger partial charge on any atom is 0.303 e. The van der Waals surface area contributed by atoms with Gasteiger partial charge < -0.3 is 34.0 Å². The minimum Gasteiger partial charge on any atom is -0.481 e. The largest absolute Gasteiger partial charge is 0.481 e. The van der Waals surface area contributed by atoms with Crippen LogP contribution in [0.25, 0.3) is 0 Å². The van der Waals surface area contributed by atoms with Gasteiger partial charge in [0, 0.05) is 69.0 Å². The summed E-state index contributed by atoms with van der Waals surface area (Å²) in [6.07, 6.45) is -0.737. The summed E-state index contributed by atoms with van der Waals surface area (Å²) in [5.74, 6) is 0.307. The molecule has 2 aromatic carbocycles. The van der Waals surface area contributed by atoms with Crippen molar-refractivity contribution in [3.8, 4) is 11.5 Å². The minimum atomic E-state index is -2.53. The zero-order valence-electron chi connectivity index (χ0n) is 27.6. The first-order valence-electron chi connectivity index (χ1n) is 15.1. The molecular formula is C32H55N4O5P. The highest BCUT2D eigenvalue weighted by Crippen LogP contribution is 2.50. The maximum absolute atomic E-state index is 12.4. The Bertz CT molecular complexity index is 1020. The third-order valence-corrected chi connectivity index (χ3v) is 8.44. The van der Waals surface area contributed by atoms with Gasteiger partial charge in [0.25, 0.3) is 0 Å². The number of rotatable bonds is 13. The molecule has 1 aliphatic rings. The van der Waals surface area contributed by atoms with Crippen LogP contribution in [0.5, 0.6) is 11.5 Å². The SMILES string of the molecule is CCN(CC)CC.CCN(CC)CC.CN(C)c1ccc2c(c1)Oc1cc(N(C)C)ccc1C2O[PH](=O)CCC(=O)O. The third-order valence-electron chi connectivity index (χ3n) is 7.29. The maximum atomic E-state index is 12.4. The van der Waals surface area contributed by atoms with Crippen LogP contribution in [0.2, 0.25) is 0 Å². The molecule has 0 radical (unpaired) electrons. The number of carboxylic acids is 1. The van der Waals surface area contributed by atoms with Gasteiger partial charge in [-0.2, -0.15) is 0 Å². The number of carbonyl (C=O) groups is 1. The van der Waals surface area contributed by atoms with Gasteiger partial charge in [0.1, 0.15) is 17.6 Å². The van der Waals surface area contributed by atoms with Crippen LogP contribution in [0.1, 0.15) is 65.2 Å². The Balaban J connectivity index is 0.000000522. The van der Waals surface area contributed by atoms with Crippen LogP contribution in [-0.2, 0) is 13.9 Å². The lowest BCUT2D eigenvalue weighted by molar-refractivity contribution is -0.136. The number of aliphatic carboxylic acids is 1. The van der Waals surface area contributed by atoms with E-state index in [2.05, 4.69) is 51.3 Å². The van der Waals surface area contributed by atoms with Crippen LogP contribution in [0.3, 0.4) is 0 Å². The number of ether oxygens (including phenoxy) is 1. The number of carboxylic acid groups (broad SMARTS) is 1. The molecule has 238 valence electrons. The molecular weight excluding hydrogens is 551 g/mol. The first-order valence-corrected chi connectivity index (χ1v) is 16.6. The highest BCUT2D eigenvalue weighted by atomic mass is 31.1. The van der Waals surface area contributed by atoms with Crippen LogP contribution >= 0.6 is 8.03 Å². The van der Waals surface area contributed by atoms with E-state index in [0.29, 0.717) is 11.5 Å². The molecule has 1 aliphatic heterocycles. The summed E-state index contributed by atoms with van der Waals surface area (Å²) in [5, 5.41) is 8.84. The summed E-state index contributed by atoms with van der Waals surface area (Å²) < 4.78 is 24.5. The summed E-state index contributed by atoms with van der Waals surface area (Å²) >= 11 is 0. The van der Waals surface area contributed by atoms with Crippen LogP contribution < -0.4 is 14.5 Å². The Hall–Kier alpha value is -2.58. The van der Waals surface area contributed by atoms with Gasteiger partial charge >= 0.3 is 5.97 Å². The van der Waals surface area contributed by atoms with Crippen molar-refractivity contribution in [2.24, 2.45) is 0 Å². The molecule has 0 saturated carbocycles. The van der Waals surface area contributed by atoms with E-state index >= 15 is 0 Å². The summed E-state index contributed by atoms with van der Waals surface area (Å²) in [6, 6.07) is 11.6. The highest BCUT2D eigenvalue weighted by molar-refractivity contribution is 7.39. The van der Waals surface area contributed by atoms with E-state index in [1.807, 2.05) is 74.4 Å². The molecule has 0 aliphatic carbocycles.